The van der Waals surface area contributed by atoms with Crippen LogP contribution in [0.15, 0.2) is 18.2 Å². The average Bonchev–Trinajstić information content (AvgIpc) is 2.51. The van der Waals surface area contributed by atoms with Crippen molar-refractivity contribution in [2.24, 2.45) is 5.73 Å². The van der Waals surface area contributed by atoms with E-state index in [1.807, 2.05) is 32.0 Å². The third-order valence-electron chi connectivity index (χ3n) is 3.67. The Labute approximate surface area is 107 Å². The van der Waals surface area contributed by atoms with Crippen LogP contribution < -0.4 is 10.6 Å². The smallest absolute Gasteiger partial charge is 0.236 e. The first kappa shape index (κ1) is 13.1. The van der Waals surface area contributed by atoms with Crippen molar-refractivity contribution in [3.05, 3.63) is 29.3 Å². The third kappa shape index (κ3) is 1.91. The van der Waals surface area contributed by atoms with E-state index in [-0.39, 0.29) is 18.6 Å². The highest BCUT2D eigenvalue weighted by atomic mass is 16.3. The van der Waals surface area contributed by atoms with Crippen molar-refractivity contribution in [1.82, 2.24) is 0 Å². The van der Waals surface area contributed by atoms with Crippen molar-refractivity contribution in [3.8, 4) is 0 Å². The number of nitrogens with two attached hydrogens (primary N) is 1. The SMILES string of the molecule is CN1C(=O)C(C)(C)c2cc(CC(N)CO)ccc21. The van der Waals surface area contributed by atoms with Gasteiger partial charge in [0.05, 0.1) is 12.0 Å². The van der Waals surface area contributed by atoms with Crippen molar-refractivity contribution in [3.63, 3.8) is 0 Å². The van der Waals surface area contributed by atoms with Gasteiger partial charge in [0.15, 0.2) is 0 Å². The van der Waals surface area contributed by atoms with Crippen molar-refractivity contribution >= 4 is 11.6 Å². The summed E-state index contributed by atoms with van der Waals surface area (Å²) in [5.74, 6) is 0.112. The van der Waals surface area contributed by atoms with E-state index in [1.165, 1.54) is 0 Å². The van der Waals surface area contributed by atoms with Gasteiger partial charge in [0.25, 0.3) is 0 Å². The van der Waals surface area contributed by atoms with Gasteiger partial charge >= 0.3 is 0 Å². The zero-order valence-corrected chi connectivity index (χ0v) is 11.1. The van der Waals surface area contributed by atoms with Gasteiger partial charge in [-0.15, -0.1) is 0 Å². The number of rotatable bonds is 3. The number of fused-ring (bicyclic) bond motifs is 1. The van der Waals surface area contributed by atoms with Crippen molar-refractivity contribution in [1.29, 1.82) is 0 Å². The van der Waals surface area contributed by atoms with Crippen LogP contribution in [-0.2, 0) is 16.6 Å². The number of nitrogens with zero attached hydrogens (tertiary/aromatic N) is 1. The quantitative estimate of drug-likeness (QED) is 0.831. The minimum Gasteiger partial charge on any atom is -0.395 e. The maximum atomic E-state index is 12.1. The van der Waals surface area contributed by atoms with E-state index in [0.717, 1.165) is 16.8 Å². The van der Waals surface area contributed by atoms with Gasteiger partial charge < -0.3 is 15.7 Å². The second kappa shape index (κ2) is 4.37. The van der Waals surface area contributed by atoms with E-state index in [2.05, 4.69) is 0 Å². The molecule has 4 nitrogen and oxygen atoms in total. The molecule has 0 spiro atoms. The molecule has 0 radical (unpaired) electrons. The monoisotopic (exact) mass is 248 g/mol. The Morgan fingerprint density at radius 2 is 2.11 bits per heavy atom. The highest BCUT2D eigenvalue weighted by molar-refractivity contribution is 6.07. The largest absolute Gasteiger partial charge is 0.395 e. The van der Waals surface area contributed by atoms with Crippen molar-refractivity contribution < 1.29 is 9.90 Å². The Bertz CT molecular complexity index is 483. The molecule has 1 aromatic carbocycles. The number of aliphatic hydroxyl groups is 1. The van der Waals surface area contributed by atoms with Crippen LogP contribution in [0.4, 0.5) is 5.69 Å². The molecular weight excluding hydrogens is 228 g/mol. The molecule has 0 fully saturated rings. The molecule has 1 unspecified atom stereocenters. The number of anilines is 1. The van der Waals surface area contributed by atoms with Gasteiger partial charge in [-0.25, -0.2) is 0 Å². The van der Waals surface area contributed by atoms with Gasteiger partial charge in [0, 0.05) is 18.8 Å². The highest BCUT2D eigenvalue weighted by Crippen LogP contribution is 2.41. The highest BCUT2D eigenvalue weighted by Gasteiger charge is 2.42. The molecule has 98 valence electrons. The summed E-state index contributed by atoms with van der Waals surface area (Å²) in [6.07, 6.45) is 0.623. The lowest BCUT2D eigenvalue weighted by molar-refractivity contribution is -0.121. The molecule has 1 aromatic rings. The number of carbonyl (C=O) groups is 1. The molecule has 0 aliphatic carbocycles. The van der Waals surface area contributed by atoms with E-state index >= 15 is 0 Å². The Morgan fingerprint density at radius 3 is 2.72 bits per heavy atom. The van der Waals surface area contributed by atoms with Crippen molar-refractivity contribution in [2.45, 2.75) is 31.7 Å². The number of carbonyl (C=O) groups excluding carboxylic acids is 1. The van der Waals surface area contributed by atoms with Crippen LogP contribution in [0.1, 0.15) is 25.0 Å². The molecule has 1 aliphatic heterocycles. The zero-order valence-electron chi connectivity index (χ0n) is 11.1. The van der Waals surface area contributed by atoms with Gasteiger partial charge in [-0.2, -0.15) is 0 Å². The summed E-state index contributed by atoms with van der Waals surface area (Å²) in [6.45, 7) is 3.85. The van der Waals surface area contributed by atoms with Gasteiger partial charge in [0.1, 0.15) is 0 Å². The first-order valence-corrected chi connectivity index (χ1v) is 6.16. The zero-order chi connectivity index (χ0) is 13.5. The Balaban J connectivity index is 2.39. The molecule has 1 atom stereocenters. The Morgan fingerprint density at radius 1 is 1.44 bits per heavy atom. The molecule has 0 bridgehead atoms. The summed E-state index contributed by atoms with van der Waals surface area (Å²) >= 11 is 0. The first-order chi connectivity index (χ1) is 8.37. The molecule has 0 aromatic heterocycles. The van der Waals surface area contributed by atoms with Crippen LogP contribution in [-0.4, -0.2) is 30.7 Å². The first-order valence-electron chi connectivity index (χ1n) is 6.16. The van der Waals surface area contributed by atoms with E-state index in [9.17, 15) is 4.79 Å². The van der Waals surface area contributed by atoms with E-state index in [0.29, 0.717) is 6.42 Å². The Kier molecular flexibility index (Phi) is 3.17. The van der Waals surface area contributed by atoms with Gasteiger partial charge in [-0.05, 0) is 37.5 Å². The lowest BCUT2D eigenvalue weighted by Crippen LogP contribution is -2.33. The summed E-state index contributed by atoms with van der Waals surface area (Å²) in [4.78, 5) is 13.8. The number of amides is 1. The molecule has 4 heteroatoms. The molecule has 0 saturated carbocycles. The molecule has 1 aliphatic rings. The minimum atomic E-state index is -0.483. The second-order valence-corrected chi connectivity index (χ2v) is 5.49. The fourth-order valence-corrected chi connectivity index (χ4v) is 2.51. The van der Waals surface area contributed by atoms with Gasteiger partial charge in [-0.3, -0.25) is 4.79 Å². The molecule has 1 heterocycles. The van der Waals surface area contributed by atoms with Crippen LogP contribution >= 0.6 is 0 Å². The predicted molar refractivity (Wildman–Crippen MR) is 71.6 cm³/mol. The van der Waals surface area contributed by atoms with Crippen LogP contribution in [0.3, 0.4) is 0 Å². The molecule has 2 rings (SSSR count). The predicted octanol–water partition coefficient (Wildman–Crippen LogP) is 0.803. The summed E-state index contributed by atoms with van der Waals surface area (Å²) < 4.78 is 0. The topological polar surface area (TPSA) is 66.6 Å². The number of aliphatic hydroxyl groups excluding tert-OH is 1. The van der Waals surface area contributed by atoms with Crippen LogP contribution in [0.2, 0.25) is 0 Å². The van der Waals surface area contributed by atoms with Crippen LogP contribution in [0.5, 0.6) is 0 Å². The number of benzene rings is 1. The van der Waals surface area contributed by atoms with Gasteiger partial charge in [-0.1, -0.05) is 12.1 Å². The van der Waals surface area contributed by atoms with Crippen LogP contribution in [0.25, 0.3) is 0 Å². The lowest BCUT2D eigenvalue weighted by Gasteiger charge is -2.17. The maximum Gasteiger partial charge on any atom is 0.236 e. The number of likely N-dealkylation sites (N-methyl/N-ethyl adjacent to an activating group) is 1. The molecule has 0 saturated heterocycles. The van der Waals surface area contributed by atoms with Crippen LogP contribution in [0, 0.1) is 0 Å². The van der Waals surface area contributed by atoms with Gasteiger partial charge in [0.2, 0.25) is 5.91 Å². The normalized spacial score (nSPS) is 18.9. The van der Waals surface area contributed by atoms with E-state index in [1.54, 1.807) is 11.9 Å². The third-order valence-corrected chi connectivity index (χ3v) is 3.67. The average molecular weight is 248 g/mol. The summed E-state index contributed by atoms with van der Waals surface area (Å²) in [5.41, 5.74) is 8.33. The van der Waals surface area contributed by atoms with E-state index < -0.39 is 5.41 Å². The second-order valence-electron chi connectivity index (χ2n) is 5.49. The maximum absolute atomic E-state index is 12.1. The number of hydrogen-bond donors (Lipinski definition) is 2. The molecule has 1 amide bonds. The molecular formula is C14H20N2O2. The minimum absolute atomic E-state index is 0.0285. The number of hydrogen-bond acceptors (Lipinski definition) is 3. The van der Waals surface area contributed by atoms with Crippen molar-refractivity contribution in [2.75, 3.05) is 18.6 Å². The fourth-order valence-electron chi connectivity index (χ4n) is 2.51. The molecule has 18 heavy (non-hydrogen) atoms. The van der Waals surface area contributed by atoms with E-state index in [4.69, 9.17) is 10.8 Å². The fraction of sp³-hybridized carbons (Fsp3) is 0.500. The Hall–Kier alpha value is -1.39. The summed E-state index contributed by atoms with van der Waals surface area (Å²) in [6, 6.07) is 5.72. The molecule has 3 N–H and O–H groups in total. The summed E-state index contributed by atoms with van der Waals surface area (Å²) in [7, 11) is 1.80. The summed E-state index contributed by atoms with van der Waals surface area (Å²) in [5, 5.41) is 8.99. The lowest BCUT2D eigenvalue weighted by atomic mass is 9.85. The standard InChI is InChI=1S/C14H20N2O2/c1-14(2)11-7-9(6-10(15)8-17)4-5-12(11)16(3)13(14)18/h4-5,7,10,17H,6,8,15H2,1-3H3.